The number of carbonyl (C=O) groups excluding carboxylic acids is 1. The molecule has 0 heterocycles. The highest BCUT2D eigenvalue weighted by Crippen LogP contribution is 1.96. The van der Waals surface area contributed by atoms with Gasteiger partial charge in [-0.2, -0.15) is 0 Å². The van der Waals surface area contributed by atoms with Gasteiger partial charge in [0.15, 0.2) is 0 Å². The second kappa shape index (κ2) is 4.64. The minimum absolute atomic E-state index is 0.164. The molecule has 3 nitrogen and oxygen atoms in total. The normalized spacial score (nSPS) is 8.12. The minimum atomic E-state index is -0.164. The van der Waals surface area contributed by atoms with Crippen LogP contribution in [0, 0.1) is 5.41 Å². The van der Waals surface area contributed by atoms with E-state index in [9.17, 15) is 4.79 Å². The molecule has 0 spiro atoms. The molecule has 0 atom stereocenters. The van der Waals surface area contributed by atoms with Crippen LogP contribution in [0.4, 0.5) is 4.79 Å². The molecule has 1 amide bonds. The molecule has 0 saturated carbocycles. The van der Waals surface area contributed by atoms with Crippen LogP contribution in [-0.2, 0) is 0 Å². The second-order valence-corrected chi connectivity index (χ2v) is 2.25. The summed E-state index contributed by atoms with van der Waals surface area (Å²) in [6.07, 6.45) is 0.880. The summed E-state index contributed by atoms with van der Waals surface area (Å²) in [6.45, 7) is 1.88. The third-order valence-electron chi connectivity index (χ3n) is 0.465. The van der Waals surface area contributed by atoms with E-state index in [1.165, 1.54) is 0 Å². The highest BCUT2D eigenvalue weighted by Gasteiger charge is 1.92. The van der Waals surface area contributed by atoms with E-state index in [2.05, 4.69) is 5.32 Å². The Hall–Kier alpha value is -0.510. The first-order valence-electron chi connectivity index (χ1n) is 2.23. The van der Waals surface area contributed by atoms with Crippen LogP contribution >= 0.6 is 11.8 Å². The fraction of sp³-hybridized carbons (Fsp3) is 0.500. The van der Waals surface area contributed by atoms with Crippen molar-refractivity contribution in [2.45, 2.75) is 6.92 Å². The van der Waals surface area contributed by atoms with E-state index in [-0.39, 0.29) is 5.24 Å². The molecule has 4 heteroatoms. The van der Waals surface area contributed by atoms with Gasteiger partial charge in [-0.05, 0) is 5.75 Å². The summed E-state index contributed by atoms with van der Waals surface area (Å²) in [5, 5.41) is 8.49. The molecule has 46 valence electrons. The monoisotopic (exact) mass is 132 g/mol. The first kappa shape index (κ1) is 7.49. The van der Waals surface area contributed by atoms with E-state index in [1.807, 2.05) is 6.92 Å². The molecular formula is C4H8N2OS. The maximum absolute atomic E-state index is 10.3. The molecule has 0 rings (SSSR count). The zero-order chi connectivity index (χ0) is 6.41. The average Bonchev–Trinajstić information content (AvgIpc) is 1.68. The highest BCUT2D eigenvalue weighted by atomic mass is 32.2. The summed E-state index contributed by atoms with van der Waals surface area (Å²) < 4.78 is 0. The summed E-state index contributed by atoms with van der Waals surface area (Å²) in [7, 11) is 0. The summed E-state index contributed by atoms with van der Waals surface area (Å²) in [4.78, 5) is 10.3. The van der Waals surface area contributed by atoms with E-state index < -0.39 is 0 Å². The molecule has 0 aliphatic carbocycles. The van der Waals surface area contributed by atoms with Gasteiger partial charge in [0.25, 0.3) is 5.24 Å². The molecule has 2 N–H and O–H groups in total. The molecular weight excluding hydrogens is 124 g/mol. The van der Waals surface area contributed by atoms with Crippen molar-refractivity contribution in [3.8, 4) is 0 Å². The number of rotatable bonds is 2. The van der Waals surface area contributed by atoms with Gasteiger partial charge >= 0.3 is 0 Å². The Morgan fingerprint density at radius 3 is 3.00 bits per heavy atom. The van der Waals surface area contributed by atoms with Crippen molar-refractivity contribution < 1.29 is 4.79 Å². The lowest BCUT2D eigenvalue weighted by molar-refractivity contribution is 0.264. The molecule has 0 aliphatic heterocycles. The first-order valence-corrected chi connectivity index (χ1v) is 3.22. The summed E-state index contributed by atoms with van der Waals surface area (Å²) in [5.41, 5.74) is 0. The van der Waals surface area contributed by atoms with Gasteiger partial charge in [-0.15, -0.1) is 0 Å². The van der Waals surface area contributed by atoms with Crippen LogP contribution in [0.5, 0.6) is 0 Å². The predicted molar refractivity (Wildman–Crippen MR) is 35.4 cm³/mol. The fourth-order valence-corrected chi connectivity index (χ4v) is 0.636. The fourth-order valence-electron chi connectivity index (χ4n) is 0.232. The van der Waals surface area contributed by atoms with Gasteiger partial charge < -0.3 is 5.32 Å². The third kappa shape index (κ3) is 3.67. The first-order chi connectivity index (χ1) is 3.81. The molecule has 0 unspecified atom stereocenters. The number of nitrogens with one attached hydrogen (secondary N) is 2. The third-order valence-corrected chi connectivity index (χ3v) is 1.13. The van der Waals surface area contributed by atoms with Crippen LogP contribution in [0.15, 0.2) is 0 Å². The van der Waals surface area contributed by atoms with Crippen molar-refractivity contribution in [2.24, 2.45) is 0 Å². The Morgan fingerprint density at radius 1 is 2.00 bits per heavy atom. The molecule has 8 heavy (non-hydrogen) atoms. The van der Waals surface area contributed by atoms with Crippen molar-refractivity contribution in [3.63, 3.8) is 0 Å². The van der Waals surface area contributed by atoms with Gasteiger partial charge in [0, 0.05) is 0 Å². The molecule has 0 aliphatic rings. The van der Waals surface area contributed by atoms with Gasteiger partial charge in [-0.1, -0.05) is 18.7 Å². The molecule has 0 bridgehead atoms. The Bertz CT molecular complexity index is 94.0. The predicted octanol–water partition coefficient (Wildman–Crippen LogP) is 1.06. The number of hydrogen-bond acceptors (Lipinski definition) is 3. The lowest BCUT2D eigenvalue weighted by Crippen LogP contribution is -2.15. The molecule has 0 aromatic heterocycles. The van der Waals surface area contributed by atoms with Gasteiger partial charge in [0.1, 0.15) is 0 Å². The van der Waals surface area contributed by atoms with Crippen LogP contribution < -0.4 is 5.32 Å². The minimum Gasteiger partial charge on any atom is -0.308 e. The quantitative estimate of drug-likeness (QED) is 0.436. The van der Waals surface area contributed by atoms with Gasteiger partial charge in [0.05, 0.1) is 6.34 Å². The van der Waals surface area contributed by atoms with E-state index in [0.717, 1.165) is 23.9 Å². The molecule has 0 saturated heterocycles. The Morgan fingerprint density at radius 2 is 2.62 bits per heavy atom. The zero-order valence-electron chi connectivity index (χ0n) is 4.60. The Balaban J connectivity index is 3.18. The van der Waals surface area contributed by atoms with E-state index in [4.69, 9.17) is 5.41 Å². The summed E-state index contributed by atoms with van der Waals surface area (Å²) in [5.74, 6) is 0.750. The maximum atomic E-state index is 10.3. The molecule has 0 aromatic rings. The Kier molecular flexibility index (Phi) is 4.35. The van der Waals surface area contributed by atoms with Crippen LogP contribution in [0.25, 0.3) is 0 Å². The standard InChI is InChI=1S/C4H8N2OS/c1-2-8-4(7)6-3-5/h3H,2H2,1H3,(H2,5,6,7). The van der Waals surface area contributed by atoms with Crippen molar-refractivity contribution in [2.75, 3.05) is 5.75 Å². The Labute approximate surface area is 52.4 Å². The topological polar surface area (TPSA) is 53.0 Å². The largest absolute Gasteiger partial charge is 0.308 e. The van der Waals surface area contributed by atoms with Crippen LogP contribution in [0.3, 0.4) is 0 Å². The van der Waals surface area contributed by atoms with E-state index in [0.29, 0.717) is 0 Å². The molecule has 0 aromatic carbocycles. The summed E-state index contributed by atoms with van der Waals surface area (Å²) in [6, 6.07) is 0. The van der Waals surface area contributed by atoms with Crippen molar-refractivity contribution >= 4 is 23.3 Å². The lowest BCUT2D eigenvalue weighted by atomic mass is 11.0. The average molecular weight is 132 g/mol. The van der Waals surface area contributed by atoms with Gasteiger partial charge in [0.2, 0.25) is 0 Å². The van der Waals surface area contributed by atoms with Crippen LogP contribution in [0.1, 0.15) is 6.92 Å². The van der Waals surface area contributed by atoms with Gasteiger partial charge in [-0.25, -0.2) is 0 Å². The van der Waals surface area contributed by atoms with E-state index in [1.54, 1.807) is 0 Å². The van der Waals surface area contributed by atoms with Crippen molar-refractivity contribution in [1.82, 2.24) is 5.32 Å². The number of amides is 1. The summed E-state index contributed by atoms with van der Waals surface area (Å²) >= 11 is 1.15. The van der Waals surface area contributed by atoms with E-state index >= 15 is 0 Å². The maximum Gasteiger partial charge on any atom is 0.284 e. The highest BCUT2D eigenvalue weighted by molar-refractivity contribution is 8.13. The van der Waals surface area contributed by atoms with Crippen molar-refractivity contribution in [1.29, 1.82) is 5.41 Å². The molecule has 0 fully saturated rings. The van der Waals surface area contributed by atoms with Crippen LogP contribution in [-0.4, -0.2) is 17.3 Å². The van der Waals surface area contributed by atoms with Crippen molar-refractivity contribution in [3.05, 3.63) is 0 Å². The number of hydrogen-bond donors (Lipinski definition) is 2. The number of thioether (sulfide) groups is 1. The van der Waals surface area contributed by atoms with Crippen LogP contribution in [0.2, 0.25) is 0 Å². The second-order valence-electron chi connectivity index (χ2n) is 1.01. The smallest absolute Gasteiger partial charge is 0.284 e. The zero-order valence-corrected chi connectivity index (χ0v) is 5.42. The lowest BCUT2D eigenvalue weighted by Gasteiger charge is -1.91. The van der Waals surface area contributed by atoms with Gasteiger partial charge in [-0.3, -0.25) is 10.2 Å². The molecule has 0 radical (unpaired) electrons. The SMILES string of the molecule is CCSC(=O)NC=N. The number of carbonyl (C=O) groups is 1.